The Bertz CT molecular complexity index is 822. The molecule has 4 rings (SSSR count). The molecule has 1 aliphatic heterocycles. The van der Waals surface area contributed by atoms with Gasteiger partial charge in [-0.3, -0.25) is 0 Å². The van der Waals surface area contributed by atoms with Crippen LogP contribution in [0.4, 0.5) is 0 Å². The van der Waals surface area contributed by atoms with Gasteiger partial charge < -0.3 is 34.1 Å². The summed E-state index contributed by atoms with van der Waals surface area (Å²) in [6.45, 7) is 1.18. The second-order valence-electron chi connectivity index (χ2n) is 7.63. The lowest BCUT2D eigenvalue weighted by molar-refractivity contribution is -0.00749. The van der Waals surface area contributed by atoms with Crippen molar-refractivity contribution in [3.05, 3.63) is 42.5 Å². The first kappa shape index (κ1) is 20.6. The summed E-state index contributed by atoms with van der Waals surface area (Å²) in [5.74, 6) is 3.28. The maximum Gasteiger partial charge on any atom is 0.203 e. The third-order valence-electron chi connectivity index (χ3n) is 5.61. The van der Waals surface area contributed by atoms with Crippen molar-refractivity contribution in [3.63, 3.8) is 0 Å². The van der Waals surface area contributed by atoms with Gasteiger partial charge in [0.05, 0.1) is 20.3 Å². The highest BCUT2D eigenvalue weighted by molar-refractivity contribution is 5.51. The van der Waals surface area contributed by atoms with E-state index in [0.717, 1.165) is 24.3 Å². The smallest absolute Gasteiger partial charge is 0.203 e. The molecule has 2 aliphatic rings. The highest BCUT2D eigenvalue weighted by Crippen LogP contribution is 2.39. The van der Waals surface area contributed by atoms with Crippen LogP contribution in [0.15, 0.2) is 42.5 Å². The Labute approximate surface area is 176 Å². The van der Waals surface area contributed by atoms with Gasteiger partial charge in [0, 0.05) is 12.6 Å². The summed E-state index contributed by atoms with van der Waals surface area (Å²) in [6.07, 6.45) is 1.27. The molecule has 162 valence electrons. The normalized spacial score (nSPS) is 25.4. The van der Waals surface area contributed by atoms with Gasteiger partial charge in [-0.25, -0.2) is 0 Å². The average molecular weight is 415 g/mol. The van der Waals surface area contributed by atoms with Gasteiger partial charge in [-0.2, -0.15) is 0 Å². The van der Waals surface area contributed by atoms with Crippen LogP contribution in [-0.4, -0.2) is 56.8 Å². The lowest BCUT2D eigenvalue weighted by Crippen LogP contribution is -2.48. The van der Waals surface area contributed by atoms with Crippen molar-refractivity contribution in [1.29, 1.82) is 0 Å². The standard InChI is InChI=1S/C23H29NO6/c1-26-21-8-5-9-22(27-2)23(21)30-18-11-10-15(12-17(18)25)24-13-16-14-28-19-6-3-4-7-20(19)29-16/h3-9,15-18,24-25H,10-14H2,1-2H3/t15-,16+,17-,18-/m1/s1. The fraction of sp³-hybridized carbons (Fsp3) is 0.478. The predicted octanol–water partition coefficient (Wildman–Crippen LogP) is 2.79. The van der Waals surface area contributed by atoms with Crippen LogP contribution >= 0.6 is 0 Å². The topological polar surface area (TPSA) is 78.4 Å². The van der Waals surface area contributed by atoms with Crippen molar-refractivity contribution >= 4 is 0 Å². The molecule has 1 saturated carbocycles. The molecule has 30 heavy (non-hydrogen) atoms. The van der Waals surface area contributed by atoms with E-state index in [1.54, 1.807) is 14.2 Å². The van der Waals surface area contributed by atoms with Crippen LogP contribution in [0.1, 0.15) is 19.3 Å². The molecule has 7 heteroatoms. The van der Waals surface area contributed by atoms with Crippen LogP contribution in [0, 0.1) is 0 Å². The predicted molar refractivity (Wildman–Crippen MR) is 112 cm³/mol. The first-order valence-electron chi connectivity index (χ1n) is 10.4. The maximum absolute atomic E-state index is 10.7. The van der Waals surface area contributed by atoms with Crippen LogP contribution < -0.4 is 29.0 Å². The van der Waals surface area contributed by atoms with Crippen LogP contribution in [0.25, 0.3) is 0 Å². The number of para-hydroxylation sites is 3. The highest BCUT2D eigenvalue weighted by atomic mass is 16.6. The van der Waals surface area contributed by atoms with Gasteiger partial charge in [0.2, 0.25) is 5.75 Å². The fourth-order valence-corrected chi connectivity index (χ4v) is 3.99. The molecule has 1 aliphatic carbocycles. The molecular weight excluding hydrogens is 386 g/mol. The molecule has 1 heterocycles. The average Bonchev–Trinajstić information content (AvgIpc) is 2.79. The molecule has 2 N–H and O–H groups in total. The Morgan fingerprint density at radius 1 is 1.00 bits per heavy atom. The van der Waals surface area contributed by atoms with E-state index >= 15 is 0 Å². The first-order chi connectivity index (χ1) is 14.7. The van der Waals surface area contributed by atoms with E-state index in [2.05, 4.69) is 5.32 Å². The van der Waals surface area contributed by atoms with Gasteiger partial charge >= 0.3 is 0 Å². The van der Waals surface area contributed by atoms with Crippen molar-refractivity contribution in [1.82, 2.24) is 5.32 Å². The minimum atomic E-state index is -0.588. The Kier molecular flexibility index (Phi) is 6.50. The van der Waals surface area contributed by atoms with Crippen molar-refractivity contribution in [2.24, 2.45) is 0 Å². The van der Waals surface area contributed by atoms with Crippen LogP contribution in [0.2, 0.25) is 0 Å². The maximum atomic E-state index is 10.7. The summed E-state index contributed by atoms with van der Waals surface area (Å²) in [5, 5.41) is 14.2. The van der Waals surface area contributed by atoms with Gasteiger partial charge in [0.15, 0.2) is 23.0 Å². The number of aliphatic hydroxyl groups excluding tert-OH is 1. The summed E-state index contributed by atoms with van der Waals surface area (Å²) in [5.41, 5.74) is 0. The first-order valence-corrected chi connectivity index (χ1v) is 10.4. The minimum Gasteiger partial charge on any atom is -0.493 e. The Hall–Kier alpha value is -2.64. The summed E-state index contributed by atoms with van der Waals surface area (Å²) in [4.78, 5) is 0. The van der Waals surface area contributed by atoms with E-state index in [1.807, 2.05) is 42.5 Å². The third-order valence-corrected chi connectivity index (χ3v) is 5.61. The zero-order chi connectivity index (χ0) is 20.9. The van der Waals surface area contributed by atoms with Gasteiger partial charge in [-0.05, 0) is 43.5 Å². The van der Waals surface area contributed by atoms with E-state index in [4.69, 9.17) is 23.7 Å². The van der Waals surface area contributed by atoms with E-state index in [9.17, 15) is 5.11 Å². The van der Waals surface area contributed by atoms with Crippen molar-refractivity contribution in [2.75, 3.05) is 27.4 Å². The van der Waals surface area contributed by atoms with E-state index in [0.29, 0.717) is 36.8 Å². The van der Waals surface area contributed by atoms with Crippen LogP contribution in [0.3, 0.4) is 0 Å². The number of fused-ring (bicyclic) bond motifs is 1. The molecule has 0 bridgehead atoms. The largest absolute Gasteiger partial charge is 0.493 e. The molecule has 0 amide bonds. The van der Waals surface area contributed by atoms with Gasteiger partial charge in [0.1, 0.15) is 18.8 Å². The molecule has 4 atom stereocenters. The van der Waals surface area contributed by atoms with Gasteiger partial charge in [-0.15, -0.1) is 0 Å². The molecular formula is C23H29NO6. The molecule has 7 nitrogen and oxygen atoms in total. The minimum absolute atomic E-state index is 0.0520. The molecule has 0 saturated heterocycles. The number of hydrogen-bond donors (Lipinski definition) is 2. The van der Waals surface area contributed by atoms with Gasteiger partial charge in [0.25, 0.3) is 0 Å². The summed E-state index contributed by atoms with van der Waals surface area (Å²) < 4.78 is 28.7. The summed E-state index contributed by atoms with van der Waals surface area (Å²) in [7, 11) is 3.18. The molecule has 2 aromatic carbocycles. The van der Waals surface area contributed by atoms with E-state index < -0.39 is 6.10 Å². The molecule has 0 unspecified atom stereocenters. The quantitative estimate of drug-likeness (QED) is 0.720. The molecule has 0 radical (unpaired) electrons. The number of hydrogen-bond acceptors (Lipinski definition) is 7. The molecule has 0 spiro atoms. The monoisotopic (exact) mass is 415 g/mol. The molecule has 2 aromatic rings. The third kappa shape index (κ3) is 4.57. The highest BCUT2D eigenvalue weighted by Gasteiger charge is 2.32. The number of nitrogens with one attached hydrogen (secondary N) is 1. The summed E-state index contributed by atoms with van der Waals surface area (Å²) >= 11 is 0. The van der Waals surface area contributed by atoms with Crippen LogP contribution in [0.5, 0.6) is 28.7 Å². The number of benzene rings is 2. The number of aliphatic hydroxyl groups is 1. The number of ether oxygens (including phenoxy) is 5. The van der Waals surface area contributed by atoms with E-state index in [1.165, 1.54) is 0 Å². The Morgan fingerprint density at radius 2 is 1.73 bits per heavy atom. The second kappa shape index (κ2) is 9.45. The zero-order valence-corrected chi connectivity index (χ0v) is 17.4. The lowest BCUT2D eigenvalue weighted by atomic mass is 9.90. The SMILES string of the molecule is COc1cccc(OC)c1O[C@@H]1CC[C@@H](NC[C@H]2COc3ccccc3O2)C[C@H]1O. The Balaban J connectivity index is 1.29. The second-order valence-corrected chi connectivity index (χ2v) is 7.63. The van der Waals surface area contributed by atoms with Crippen LogP contribution in [-0.2, 0) is 0 Å². The summed E-state index contributed by atoms with van der Waals surface area (Å²) in [6, 6.07) is 13.4. The molecule has 0 aromatic heterocycles. The lowest BCUT2D eigenvalue weighted by Gasteiger charge is -2.35. The molecule has 1 fully saturated rings. The van der Waals surface area contributed by atoms with Crippen molar-refractivity contribution < 1.29 is 28.8 Å². The Morgan fingerprint density at radius 3 is 2.43 bits per heavy atom. The van der Waals surface area contributed by atoms with E-state index in [-0.39, 0.29) is 18.2 Å². The van der Waals surface area contributed by atoms with Crippen molar-refractivity contribution in [2.45, 2.75) is 43.6 Å². The van der Waals surface area contributed by atoms with Crippen molar-refractivity contribution in [3.8, 4) is 28.7 Å². The number of rotatable bonds is 7. The number of methoxy groups -OCH3 is 2. The fourth-order valence-electron chi connectivity index (χ4n) is 3.99. The zero-order valence-electron chi connectivity index (χ0n) is 17.4. The van der Waals surface area contributed by atoms with Gasteiger partial charge in [-0.1, -0.05) is 18.2 Å².